The van der Waals surface area contributed by atoms with E-state index >= 15 is 0 Å². The molecule has 2 heterocycles. The maximum absolute atomic E-state index is 13.4. The zero-order valence-corrected chi connectivity index (χ0v) is 14.3. The standard InChI is InChI=1S/C16H17FN4O3S/c1-21-10-12(9-19-21)16-15(3-2-6-24-16)20-25(22,23)13-4-5-14(17)11(7-13)8-18/h4-5,7,9-10,15-16,20H,2-3,6H2,1H3/t15-,16+/m0/s1. The highest BCUT2D eigenvalue weighted by Gasteiger charge is 2.32. The molecule has 1 aromatic carbocycles. The molecule has 1 aliphatic heterocycles. The summed E-state index contributed by atoms with van der Waals surface area (Å²) in [6.45, 7) is 0.535. The zero-order valence-electron chi connectivity index (χ0n) is 13.5. The number of nitriles is 1. The van der Waals surface area contributed by atoms with Crippen molar-refractivity contribution >= 4 is 10.0 Å². The summed E-state index contributed by atoms with van der Waals surface area (Å²) in [5.74, 6) is -0.754. The van der Waals surface area contributed by atoms with Crippen molar-refractivity contribution in [3.63, 3.8) is 0 Å². The number of nitrogens with zero attached hydrogens (tertiary/aromatic N) is 3. The Hall–Kier alpha value is -2.28. The third-order valence-electron chi connectivity index (χ3n) is 4.05. The summed E-state index contributed by atoms with van der Waals surface area (Å²) < 4.78 is 48.7. The number of nitrogens with one attached hydrogen (secondary N) is 1. The molecule has 1 aromatic heterocycles. The summed E-state index contributed by atoms with van der Waals surface area (Å²) in [7, 11) is -2.15. The molecule has 2 atom stereocenters. The molecular formula is C16H17FN4O3S. The van der Waals surface area contributed by atoms with Crippen LogP contribution >= 0.6 is 0 Å². The molecule has 1 fully saturated rings. The maximum Gasteiger partial charge on any atom is 0.240 e. The van der Waals surface area contributed by atoms with Gasteiger partial charge in [0.15, 0.2) is 0 Å². The van der Waals surface area contributed by atoms with Crippen molar-refractivity contribution in [2.24, 2.45) is 7.05 Å². The van der Waals surface area contributed by atoms with Crippen molar-refractivity contribution in [1.29, 1.82) is 5.26 Å². The van der Waals surface area contributed by atoms with Crippen LogP contribution in [0.1, 0.15) is 30.1 Å². The van der Waals surface area contributed by atoms with Gasteiger partial charge in [-0.05, 0) is 31.0 Å². The van der Waals surface area contributed by atoms with Gasteiger partial charge in [0.05, 0.1) is 22.7 Å². The highest BCUT2D eigenvalue weighted by Crippen LogP contribution is 2.29. The zero-order chi connectivity index (χ0) is 18.0. The molecular weight excluding hydrogens is 347 g/mol. The molecule has 0 bridgehead atoms. The van der Waals surface area contributed by atoms with E-state index in [4.69, 9.17) is 10.00 Å². The maximum atomic E-state index is 13.4. The van der Waals surface area contributed by atoms with Gasteiger partial charge in [0.1, 0.15) is 18.0 Å². The molecule has 1 saturated heterocycles. The molecule has 0 aliphatic carbocycles. The molecule has 0 saturated carbocycles. The molecule has 0 spiro atoms. The van der Waals surface area contributed by atoms with E-state index in [9.17, 15) is 12.8 Å². The summed E-state index contributed by atoms with van der Waals surface area (Å²) >= 11 is 0. The fourth-order valence-corrected chi connectivity index (χ4v) is 4.14. The summed E-state index contributed by atoms with van der Waals surface area (Å²) in [6.07, 6.45) is 4.29. The summed E-state index contributed by atoms with van der Waals surface area (Å²) in [5, 5.41) is 13.0. The normalized spacial score (nSPS) is 21.0. The van der Waals surface area contributed by atoms with Crippen LogP contribution in [0.2, 0.25) is 0 Å². The highest BCUT2D eigenvalue weighted by molar-refractivity contribution is 7.89. The minimum atomic E-state index is -3.92. The first-order valence-electron chi connectivity index (χ1n) is 7.73. The Balaban J connectivity index is 1.87. The molecule has 2 aromatic rings. The number of aromatic nitrogens is 2. The number of benzene rings is 1. The fourth-order valence-electron chi connectivity index (χ4n) is 2.84. The van der Waals surface area contributed by atoms with E-state index in [0.717, 1.165) is 30.2 Å². The lowest BCUT2D eigenvalue weighted by Crippen LogP contribution is -2.42. The lowest BCUT2D eigenvalue weighted by atomic mass is 9.99. The first-order valence-corrected chi connectivity index (χ1v) is 9.21. The first kappa shape index (κ1) is 17.5. The van der Waals surface area contributed by atoms with Crippen LogP contribution in [0.15, 0.2) is 35.5 Å². The predicted molar refractivity (Wildman–Crippen MR) is 86.4 cm³/mol. The average molecular weight is 364 g/mol. The van der Waals surface area contributed by atoms with Gasteiger partial charge in [-0.1, -0.05) is 0 Å². The van der Waals surface area contributed by atoms with Gasteiger partial charge in [-0.15, -0.1) is 0 Å². The molecule has 9 heteroatoms. The van der Waals surface area contributed by atoms with Crippen LogP contribution in [0.3, 0.4) is 0 Å². The van der Waals surface area contributed by atoms with Gasteiger partial charge >= 0.3 is 0 Å². The Kier molecular flexibility index (Phi) is 4.85. The minimum absolute atomic E-state index is 0.152. The quantitative estimate of drug-likeness (QED) is 0.889. The molecule has 25 heavy (non-hydrogen) atoms. The fraction of sp³-hybridized carbons (Fsp3) is 0.375. The number of ether oxygens (including phenoxy) is 1. The van der Waals surface area contributed by atoms with Gasteiger partial charge in [0.25, 0.3) is 0 Å². The minimum Gasteiger partial charge on any atom is -0.372 e. The second-order valence-corrected chi connectivity index (χ2v) is 7.58. The molecule has 1 aliphatic rings. The summed E-state index contributed by atoms with van der Waals surface area (Å²) in [4.78, 5) is -0.152. The van der Waals surface area contributed by atoms with Crippen molar-refractivity contribution in [2.45, 2.75) is 29.9 Å². The molecule has 132 valence electrons. The van der Waals surface area contributed by atoms with Gasteiger partial charge in [0.2, 0.25) is 10.0 Å². The topological polar surface area (TPSA) is 97.0 Å². The lowest BCUT2D eigenvalue weighted by molar-refractivity contribution is -0.00446. The van der Waals surface area contributed by atoms with Crippen LogP contribution < -0.4 is 4.72 Å². The van der Waals surface area contributed by atoms with E-state index in [1.54, 1.807) is 30.2 Å². The van der Waals surface area contributed by atoms with E-state index in [1.165, 1.54) is 0 Å². The molecule has 3 rings (SSSR count). The third-order valence-corrected chi connectivity index (χ3v) is 5.54. The Morgan fingerprint density at radius 1 is 1.48 bits per heavy atom. The number of hydrogen-bond acceptors (Lipinski definition) is 5. The Bertz CT molecular complexity index is 920. The van der Waals surface area contributed by atoms with Gasteiger partial charge < -0.3 is 4.74 Å². The Morgan fingerprint density at radius 2 is 2.28 bits per heavy atom. The van der Waals surface area contributed by atoms with Crippen LogP contribution in [-0.2, 0) is 21.8 Å². The van der Waals surface area contributed by atoms with Crippen molar-refractivity contribution in [2.75, 3.05) is 6.61 Å². The van der Waals surface area contributed by atoms with E-state index in [1.807, 2.05) is 0 Å². The van der Waals surface area contributed by atoms with E-state index in [0.29, 0.717) is 13.0 Å². The van der Waals surface area contributed by atoms with E-state index < -0.39 is 28.0 Å². The number of halogens is 1. The van der Waals surface area contributed by atoms with Crippen molar-refractivity contribution < 1.29 is 17.5 Å². The summed E-state index contributed by atoms with van der Waals surface area (Å²) in [6, 6.07) is 4.32. The average Bonchev–Trinajstić information content (AvgIpc) is 3.01. The number of sulfonamides is 1. The molecule has 7 nitrogen and oxygen atoms in total. The van der Waals surface area contributed by atoms with E-state index in [2.05, 4.69) is 9.82 Å². The van der Waals surface area contributed by atoms with Crippen LogP contribution in [0, 0.1) is 17.1 Å². The lowest BCUT2D eigenvalue weighted by Gasteiger charge is -2.31. The molecule has 0 unspecified atom stereocenters. The molecule has 0 radical (unpaired) electrons. The SMILES string of the molecule is Cn1cc([C@H]2OCCC[C@@H]2NS(=O)(=O)c2ccc(F)c(C#N)c2)cn1. The smallest absolute Gasteiger partial charge is 0.240 e. The van der Waals surface area contributed by atoms with Crippen LogP contribution in [0.5, 0.6) is 0 Å². The predicted octanol–water partition coefficient (Wildman–Crippen LogP) is 1.63. The Morgan fingerprint density at radius 3 is 2.96 bits per heavy atom. The second kappa shape index (κ2) is 6.92. The summed E-state index contributed by atoms with van der Waals surface area (Å²) in [5.41, 5.74) is 0.471. The van der Waals surface area contributed by atoms with Crippen LogP contribution in [-0.4, -0.2) is 30.8 Å². The largest absolute Gasteiger partial charge is 0.372 e. The van der Waals surface area contributed by atoms with E-state index in [-0.39, 0.29) is 10.5 Å². The molecule has 0 amide bonds. The number of hydrogen-bond donors (Lipinski definition) is 1. The van der Waals surface area contributed by atoms with Gasteiger partial charge in [-0.25, -0.2) is 17.5 Å². The van der Waals surface area contributed by atoms with Crippen molar-refractivity contribution in [3.8, 4) is 6.07 Å². The van der Waals surface area contributed by atoms with Gasteiger partial charge in [0, 0.05) is 25.4 Å². The Labute approximate surface area is 145 Å². The van der Waals surface area contributed by atoms with Gasteiger partial charge in [-0.3, -0.25) is 4.68 Å². The second-order valence-electron chi connectivity index (χ2n) is 5.86. The van der Waals surface area contributed by atoms with Crippen molar-refractivity contribution in [3.05, 3.63) is 47.5 Å². The number of rotatable bonds is 4. The monoisotopic (exact) mass is 364 g/mol. The van der Waals surface area contributed by atoms with Gasteiger partial charge in [-0.2, -0.15) is 10.4 Å². The number of aryl methyl sites for hydroxylation is 1. The van der Waals surface area contributed by atoms with Crippen LogP contribution in [0.4, 0.5) is 4.39 Å². The molecule has 1 N–H and O–H groups in total. The highest BCUT2D eigenvalue weighted by atomic mass is 32.2. The van der Waals surface area contributed by atoms with Crippen LogP contribution in [0.25, 0.3) is 0 Å². The van der Waals surface area contributed by atoms with Crippen molar-refractivity contribution in [1.82, 2.24) is 14.5 Å². The third kappa shape index (κ3) is 3.71. The first-order chi connectivity index (χ1) is 11.9.